The van der Waals surface area contributed by atoms with Gasteiger partial charge in [-0.1, -0.05) is 36.4 Å². The van der Waals surface area contributed by atoms with Gasteiger partial charge in [0.05, 0.1) is 0 Å². The zero-order valence-corrected chi connectivity index (χ0v) is 13.0. The molecule has 1 aromatic carbocycles. The van der Waals surface area contributed by atoms with Crippen LogP contribution in [-0.4, -0.2) is 37.5 Å². The van der Waals surface area contributed by atoms with E-state index in [4.69, 9.17) is 0 Å². The van der Waals surface area contributed by atoms with Crippen molar-refractivity contribution in [2.75, 3.05) is 26.7 Å². The summed E-state index contributed by atoms with van der Waals surface area (Å²) in [4.78, 5) is 14.0. The van der Waals surface area contributed by atoms with Gasteiger partial charge in [0, 0.05) is 19.5 Å². The highest BCUT2D eigenvalue weighted by Gasteiger charge is 2.11. The van der Waals surface area contributed by atoms with Gasteiger partial charge in [-0.15, -0.1) is 19.0 Å². The normalized spacial score (nSPS) is 9.65. The summed E-state index contributed by atoms with van der Waals surface area (Å²) >= 11 is 0. The molecule has 0 unspecified atom stereocenters. The summed E-state index contributed by atoms with van der Waals surface area (Å²) < 4.78 is 0. The Morgan fingerprint density at radius 3 is 2.65 bits per heavy atom. The highest BCUT2D eigenvalue weighted by molar-refractivity contribution is 5.85. The first kappa shape index (κ1) is 18.7. The summed E-state index contributed by atoms with van der Waals surface area (Å²) in [7, 11) is 1.90. The lowest BCUT2D eigenvalue weighted by atomic mass is 10.1. The van der Waals surface area contributed by atoms with Crippen LogP contribution in [0, 0.1) is 0 Å². The van der Waals surface area contributed by atoms with Crippen molar-refractivity contribution < 1.29 is 4.79 Å². The molecule has 4 heteroatoms. The van der Waals surface area contributed by atoms with Gasteiger partial charge in [-0.05, 0) is 32.0 Å². The lowest BCUT2D eigenvalue weighted by Crippen LogP contribution is -2.33. The standard InChI is InChI=1S/C16H24N2O.ClH/c1-3-13-18(16(19)10-7-12-17-2)14-11-15-8-5-4-6-9-15;/h3-6,8-9,17H,1,7,10-14H2,2H3;1H. The fourth-order valence-corrected chi connectivity index (χ4v) is 1.96. The highest BCUT2D eigenvalue weighted by Crippen LogP contribution is 2.04. The fraction of sp³-hybridized carbons (Fsp3) is 0.438. The molecule has 0 fully saturated rings. The molecule has 0 aromatic heterocycles. The van der Waals surface area contributed by atoms with Crippen LogP contribution >= 0.6 is 12.4 Å². The molecule has 1 aromatic rings. The number of amides is 1. The van der Waals surface area contributed by atoms with Crippen LogP contribution < -0.4 is 5.32 Å². The van der Waals surface area contributed by atoms with E-state index in [1.807, 2.05) is 30.1 Å². The van der Waals surface area contributed by atoms with E-state index in [1.54, 1.807) is 6.08 Å². The van der Waals surface area contributed by atoms with Gasteiger partial charge in [0.1, 0.15) is 0 Å². The monoisotopic (exact) mass is 296 g/mol. The van der Waals surface area contributed by atoms with E-state index >= 15 is 0 Å². The molecule has 112 valence electrons. The lowest BCUT2D eigenvalue weighted by Gasteiger charge is -2.21. The van der Waals surface area contributed by atoms with Gasteiger partial charge >= 0.3 is 0 Å². The van der Waals surface area contributed by atoms with Crippen molar-refractivity contribution >= 4 is 18.3 Å². The van der Waals surface area contributed by atoms with Crippen LogP contribution in [0.2, 0.25) is 0 Å². The molecule has 0 aliphatic carbocycles. The van der Waals surface area contributed by atoms with Gasteiger partial charge in [-0.3, -0.25) is 4.79 Å². The number of nitrogens with one attached hydrogen (secondary N) is 1. The minimum Gasteiger partial charge on any atom is -0.339 e. The first-order valence-electron chi connectivity index (χ1n) is 6.85. The maximum atomic E-state index is 12.1. The molecular formula is C16H25ClN2O. The van der Waals surface area contributed by atoms with Gasteiger partial charge < -0.3 is 10.2 Å². The number of carbonyl (C=O) groups excluding carboxylic acids is 1. The highest BCUT2D eigenvalue weighted by atomic mass is 35.5. The molecular weight excluding hydrogens is 272 g/mol. The lowest BCUT2D eigenvalue weighted by molar-refractivity contribution is -0.130. The number of carbonyl (C=O) groups is 1. The van der Waals surface area contributed by atoms with E-state index in [2.05, 4.69) is 24.0 Å². The SMILES string of the molecule is C=CCN(CCc1ccccc1)C(=O)CCCNC.Cl. The van der Waals surface area contributed by atoms with Crippen LogP contribution in [0.5, 0.6) is 0 Å². The fourth-order valence-electron chi connectivity index (χ4n) is 1.96. The van der Waals surface area contributed by atoms with E-state index in [1.165, 1.54) is 5.56 Å². The van der Waals surface area contributed by atoms with E-state index < -0.39 is 0 Å². The molecule has 0 heterocycles. The summed E-state index contributed by atoms with van der Waals surface area (Å²) in [5.41, 5.74) is 1.26. The van der Waals surface area contributed by atoms with Crippen molar-refractivity contribution in [1.29, 1.82) is 0 Å². The van der Waals surface area contributed by atoms with E-state index in [0.717, 1.165) is 25.9 Å². The smallest absolute Gasteiger partial charge is 0.222 e. The molecule has 0 spiro atoms. The number of halogens is 1. The third-order valence-corrected chi connectivity index (χ3v) is 3.03. The largest absolute Gasteiger partial charge is 0.339 e. The second-order valence-corrected chi connectivity index (χ2v) is 4.57. The Labute approximate surface area is 128 Å². The maximum absolute atomic E-state index is 12.1. The number of nitrogens with zero attached hydrogens (tertiary/aromatic N) is 1. The molecule has 3 nitrogen and oxygen atoms in total. The van der Waals surface area contributed by atoms with Crippen molar-refractivity contribution in [1.82, 2.24) is 10.2 Å². The number of hydrogen-bond donors (Lipinski definition) is 1. The molecule has 0 radical (unpaired) electrons. The molecule has 1 rings (SSSR count). The van der Waals surface area contributed by atoms with Crippen LogP contribution in [0.4, 0.5) is 0 Å². The first-order chi connectivity index (χ1) is 9.27. The Morgan fingerprint density at radius 2 is 2.05 bits per heavy atom. The topological polar surface area (TPSA) is 32.3 Å². The Morgan fingerprint density at radius 1 is 1.35 bits per heavy atom. The third kappa shape index (κ3) is 7.31. The van der Waals surface area contributed by atoms with Crippen LogP contribution in [0.1, 0.15) is 18.4 Å². The average molecular weight is 297 g/mol. The van der Waals surface area contributed by atoms with Crippen molar-refractivity contribution in [3.05, 3.63) is 48.6 Å². The van der Waals surface area contributed by atoms with Crippen LogP contribution in [-0.2, 0) is 11.2 Å². The summed E-state index contributed by atoms with van der Waals surface area (Å²) in [6.07, 6.45) is 4.17. The maximum Gasteiger partial charge on any atom is 0.222 e. The van der Waals surface area contributed by atoms with Crippen molar-refractivity contribution in [2.45, 2.75) is 19.3 Å². The van der Waals surface area contributed by atoms with E-state index in [9.17, 15) is 4.79 Å². The molecule has 0 bridgehead atoms. The predicted molar refractivity (Wildman–Crippen MR) is 87.3 cm³/mol. The van der Waals surface area contributed by atoms with Gasteiger partial charge in [-0.2, -0.15) is 0 Å². The Bertz CT molecular complexity index is 381. The Hall–Kier alpha value is -1.32. The van der Waals surface area contributed by atoms with Gasteiger partial charge in [0.25, 0.3) is 0 Å². The average Bonchev–Trinajstić information content (AvgIpc) is 2.44. The number of benzene rings is 1. The second-order valence-electron chi connectivity index (χ2n) is 4.57. The second kappa shape index (κ2) is 11.5. The van der Waals surface area contributed by atoms with Crippen LogP contribution in [0.3, 0.4) is 0 Å². The Balaban J connectivity index is 0.00000361. The zero-order valence-electron chi connectivity index (χ0n) is 12.2. The van der Waals surface area contributed by atoms with Gasteiger partial charge in [0.15, 0.2) is 0 Å². The molecule has 1 amide bonds. The molecule has 0 aliphatic heterocycles. The molecule has 0 saturated heterocycles. The summed E-state index contributed by atoms with van der Waals surface area (Å²) in [6.45, 7) is 6.00. The quantitative estimate of drug-likeness (QED) is 0.561. The molecule has 20 heavy (non-hydrogen) atoms. The molecule has 0 atom stereocenters. The summed E-state index contributed by atoms with van der Waals surface area (Å²) in [5.74, 6) is 0.214. The van der Waals surface area contributed by atoms with Crippen molar-refractivity contribution in [2.24, 2.45) is 0 Å². The molecule has 0 saturated carbocycles. The summed E-state index contributed by atoms with van der Waals surface area (Å²) in [6, 6.07) is 10.3. The number of hydrogen-bond acceptors (Lipinski definition) is 2. The molecule has 0 aliphatic rings. The number of rotatable bonds is 9. The Kier molecular flexibility index (Phi) is 10.7. The van der Waals surface area contributed by atoms with Crippen LogP contribution in [0.25, 0.3) is 0 Å². The zero-order chi connectivity index (χ0) is 13.9. The van der Waals surface area contributed by atoms with Gasteiger partial charge in [-0.25, -0.2) is 0 Å². The minimum absolute atomic E-state index is 0. The van der Waals surface area contributed by atoms with E-state index in [0.29, 0.717) is 13.0 Å². The first-order valence-corrected chi connectivity index (χ1v) is 6.85. The third-order valence-electron chi connectivity index (χ3n) is 3.03. The van der Waals surface area contributed by atoms with Gasteiger partial charge in [0.2, 0.25) is 5.91 Å². The van der Waals surface area contributed by atoms with E-state index in [-0.39, 0.29) is 18.3 Å². The minimum atomic E-state index is 0. The van der Waals surface area contributed by atoms with Crippen LogP contribution in [0.15, 0.2) is 43.0 Å². The van der Waals surface area contributed by atoms with Crippen molar-refractivity contribution in [3.8, 4) is 0 Å². The molecule has 1 N–H and O–H groups in total. The predicted octanol–water partition coefficient (Wildman–Crippen LogP) is 2.67. The van der Waals surface area contributed by atoms with Crippen molar-refractivity contribution in [3.63, 3.8) is 0 Å². The summed E-state index contributed by atoms with van der Waals surface area (Å²) in [5, 5.41) is 3.06.